The quantitative estimate of drug-likeness (QED) is 0.550. The number of hydrogen-bond acceptors (Lipinski definition) is 5. The van der Waals surface area contributed by atoms with Crippen molar-refractivity contribution < 1.29 is 9.32 Å². The van der Waals surface area contributed by atoms with Gasteiger partial charge in [0.2, 0.25) is 11.7 Å². The van der Waals surface area contributed by atoms with Gasteiger partial charge in [-0.3, -0.25) is 9.59 Å². The van der Waals surface area contributed by atoms with E-state index in [1.54, 1.807) is 19.1 Å². The van der Waals surface area contributed by atoms with Gasteiger partial charge in [-0.25, -0.2) is 0 Å². The summed E-state index contributed by atoms with van der Waals surface area (Å²) >= 11 is 0. The first-order valence-corrected chi connectivity index (χ1v) is 9.48. The van der Waals surface area contributed by atoms with Gasteiger partial charge in [-0.05, 0) is 37.6 Å². The lowest BCUT2D eigenvalue weighted by molar-refractivity contribution is -0.116. The average Bonchev–Trinajstić information content (AvgIpc) is 3.22. The Bertz CT molecular complexity index is 1240. The number of hydrogen-bond donors (Lipinski definition) is 1. The number of carbonyl (C=O) groups is 1. The van der Waals surface area contributed by atoms with E-state index in [1.165, 1.54) is 4.57 Å². The van der Waals surface area contributed by atoms with Crippen LogP contribution in [-0.2, 0) is 11.3 Å². The maximum Gasteiger partial charge on any atom is 0.264 e. The SMILES string of the molecule is Cc1cc(C)n(CC(=O)Nc2ccccc2)c(=O)c1-c1nc(-c2ccccc2)no1. The molecular formula is C23H20N4O3. The van der Waals surface area contributed by atoms with Gasteiger partial charge in [-0.2, -0.15) is 4.98 Å². The molecule has 4 rings (SSSR count). The van der Waals surface area contributed by atoms with Crippen LogP contribution >= 0.6 is 0 Å². The second-order valence-electron chi connectivity index (χ2n) is 6.94. The van der Waals surface area contributed by atoms with Gasteiger partial charge in [0.25, 0.3) is 11.4 Å². The van der Waals surface area contributed by atoms with E-state index in [1.807, 2.05) is 61.5 Å². The van der Waals surface area contributed by atoms with Crippen LogP contribution in [0.4, 0.5) is 5.69 Å². The number of para-hydroxylation sites is 1. The Morgan fingerprint density at radius 1 is 1.03 bits per heavy atom. The van der Waals surface area contributed by atoms with Crippen LogP contribution in [0.3, 0.4) is 0 Å². The molecule has 0 bridgehead atoms. The molecule has 0 aliphatic rings. The molecule has 0 fully saturated rings. The van der Waals surface area contributed by atoms with Crippen LogP contribution in [0.5, 0.6) is 0 Å². The summed E-state index contributed by atoms with van der Waals surface area (Å²) in [5, 5.41) is 6.79. The molecule has 0 unspecified atom stereocenters. The van der Waals surface area contributed by atoms with E-state index in [9.17, 15) is 9.59 Å². The van der Waals surface area contributed by atoms with Crippen molar-refractivity contribution in [2.24, 2.45) is 0 Å². The van der Waals surface area contributed by atoms with Gasteiger partial charge in [0.1, 0.15) is 12.1 Å². The second kappa shape index (κ2) is 8.16. The van der Waals surface area contributed by atoms with Crippen LogP contribution in [0.25, 0.3) is 22.8 Å². The lowest BCUT2D eigenvalue weighted by atomic mass is 10.1. The zero-order valence-corrected chi connectivity index (χ0v) is 16.6. The predicted molar refractivity (Wildman–Crippen MR) is 114 cm³/mol. The van der Waals surface area contributed by atoms with Gasteiger partial charge in [-0.1, -0.05) is 53.7 Å². The van der Waals surface area contributed by atoms with Crippen LogP contribution in [0.1, 0.15) is 11.3 Å². The topological polar surface area (TPSA) is 90.0 Å². The summed E-state index contributed by atoms with van der Waals surface area (Å²) in [7, 11) is 0. The second-order valence-corrected chi connectivity index (χ2v) is 6.94. The first kappa shape index (κ1) is 19.3. The van der Waals surface area contributed by atoms with E-state index in [4.69, 9.17) is 4.52 Å². The maximum atomic E-state index is 13.2. The van der Waals surface area contributed by atoms with Gasteiger partial charge in [-0.15, -0.1) is 0 Å². The Balaban J connectivity index is 1.66. The summed E-state index contributed by atoms with van der Waals surface area (Å²) < 4.78 is 6.80. The third-order valence-corrected chi connectivity index (χ3v) is 4.74. The fourth-order valence-electron chi connectivity index (χ4n) is 3.28. The molecule has 150 valence electrons. The largest absolute Gasteiger partial charge is 0.333 e. The van der Waals surface area contributed by atoms with Crippen LogP contribution in [0.2, 0.25) is 0 Å². The molecule has 0 aliphatic heterocycles. The molecule has 0 atom stereocenters. The summed E-state index contributed by atoms with van der Waals surface area (Å²) in [6, 6.07) is 20.3. The van der Waals surface area contributed by atoms with Crippen molar-refractivity contribution in [3.63, 3.8) is 0 Å². The Labute approximate surface area is 173 Å². The number of aryl methyl sites for hydroxylation is 2. The molecule has 7 heteroatoms. The number of aromatic nitrogens is 3. The predicted octanol–water partition coefficient (Wildman–Crippen LogP) is 3.82. The molecule has 0 spiro atoms. The Morgan fingerprint density at radius 3 is 2.40 bits per heavy atom. The van der Waals surface area contributed by atoms with Gasteiger partial charge in [0.15, 0.2) is 0 Å². The standard InChI is InChI=1S/C23H20N4O3/c1-15-13-16(2)27(14-19(28)24-18-11-7-4-8-12-18)23(29)20(15)22-25-21(26-30-22)17-9-5-3-6-10-17/h3-13H,14H2,1-2H3,(H,24,28). The number of carbonyl (C=O) groups excluding carboxylic acids is 1. The molecule has 1 amide bonds. The third kappa shape index (κ3) is 3.91. The highest BCUT2D eigenvalue weighted by atomic mass is 16.5. The van der Waals surface area contributed by atoms with Gasteiger partial charge in [0, 0.05) is 16.9 Å². The summed E-state index contributed by atoms with van der Waals surface area (Å²) in [6.45, 7) is 3.48. The van der Waals surface area contributed by atoms with Gasteiger partial charge < -0.3 is 14.4 Å². The molecule has 4 aromatic rings. The van der Waals surface area contributed by atoms with Crippen molar-refractivity contribution in [2.45, 2.75) is 20.4 Å². The first-order valence-electron chi connectivity index (χ1n) is 9.48. The number of nitrogens with zero attached hydrogens (tertiary/aromatic N) is 3. The van der Waals surface area contributed by atoms with Crippen LogP contribution in [-0.4, -0.2) is 20.6 Å². The molecule has 2 aromatic carbocycles. The van der Waals surface area contributed by atoms with Crippen molar-refractivity contribution in [1.82, 2.24) is 14.7 Å². The summed E-state index contributed by atoms with van der Waals surface area (Å²) in [4.78, 5) is 30.1. The monoisotopic (exact) mass is 400 g/mol. The zero-order chi connectivity index (χ0) is 21.1. The minimum absolute atomic E-state index is 0.119. The molecular weight excluding hydrogens is 380 g/mol. The van der Waals surface area contributed by atoms with Crippen molar-refractivity contribution >= 4 is 11.6 Å². The third-order valence-electron chi connectivity index (χ3n) is 4.74. The van der Waals surface area contributed by atoms with E-state index < -0.39 is 0 Å². The fourth-order valence-corrected chi connectivity index (χ4v) is 3.28. The van der Waals surface area contributed by atoms with Crippen LogP contribution < -0.4 is 10.9 Å². The van der Waals surface area contributed by atoms with E-state index in [0.29, 0.717) is 28.3 Å². The van der Waals surface area contributed by atoms with Crippen molar-refractivity contribution in [3.8, 4) is 22.8 Å². The van der Waals surface area contributed by atoms with Crippen molar-refractivity contribution in [2.75, 3.05) is 5.32 Å². The lowest BCUT2D eigenvalue weighted by Crippen LogP contribution is -2.30. The normalized spacial score (nSPS) is 10.7. The summed E-state index contributed by atoms with van der Waals surface area (Å²) in [5.74, 6) is 0.239. The molecule has 0 aliphatic carbocycles. The molecule has 2 heterocycles. The molecule has 1 N–H and O–H groups in total. The first-order chi connectivity index (χ1) is 14.5. The van der Waals surface area contributed by atoms with Crippen LogP contribution in [0.15, 0.2) is 76.0 Å². The molecule has 0 saturated heterocycles. The molecule has 30 heavy (non-hydrogen) atoms. The summed E-state index contributed by atoms with van der Waals surface area (Å²) in [6.07, 6.45) is 0. The van der Waals surface area contributed by atoms with Crippen LogP contribution in [0, 0.1) is 13.8 Å². The molecule has 2 aromatic heterocycles. The highest BCUT2D eigenvalue weighted by Crippen LogP contribution is 2.23. The minimum Gasteiger partial charge on any atom is -0.333 e. The average molecular weight is 400 g/mol. The number of pyridine rings is 1. The number of nitrogens with one attached hydrogen (secondary N) is 1. The summed E-state index contributed by atoms with van der Waals surface area (Å²) in [5.41, 5.74) is 2.79. The number of rotatable bonds is 5. The molecule has 0 saturated carbocycles. The van der Waals surface area contributed by atoms with E-state index in [0.717, 1.165) is 5.56 Å². The number of amides is 1. The van der Waals surface area contributed by atoms with Gasteiger partial charge >= 0.3 is 0 Å². The zero-order valence-electron chi connectivity index (χ0n) is 16.6. The van der Waals surface area contributed by atoms with Crippen molar-refractivity contribution in [3.05, 3.63) is 88.3 Å². The smallest absolute Gasteiger partial charge is 0.264 e. The lowest BCUT2D eigenvalue weighted by Gasteiger charge is -2.13. The van der Waals surface area contributed by atoms with E-state index >= 15 is 0 Å². The van der Waals surface area contributed by atoms with Crippen molar-refractivity contribution in [1.29, 1.82) is 0 Å². The number of benzene rings is 2. The molecule has 7 nitrogen and oxygen atoms in total. The highest BCUT2D eigenvalue weighted by Gasteiger charge is 2.20. The highest BCUT2D eigenvalue weighted by molar-refractivity contribution is 5.90. The minimum atomic E-state index is -0.348. The number of anilines is 1. The Kier molecular flexibility index (Phi) is 5.26. The Hall–Kier alpha value is -4.00. The Morgan fingerprint density at radius 2 is 1.70 bits per heavy atom. The fraction of sp³-hybridized carbons (Fsp3) is 0.130. The van der Waals surface area contributed by atoms with E-state index in [2.05, 4.69) is 15.5 Å². The van der Waals surface area contributed by atoms with Gasteiger partial charge in [0.05, 0.1) is 0 Å². The molecule has 0 radical (unpaired) electrons. The van der Waals surface area contributed by atoms with E-state index in [-0.39, 0.29) is 23.9 Å². The maximum absolute atomic E-state index is 13.2.